The number of rotatable bonds is 1. The lowest BCUT2D eigenvalue weighted by Crippen LogP contribution is -2.03. The minimum Gasteiger partial charge on any atom is -0.299 e. The van der Waals surface area contributed by atoms with Crippen molar-refractivity contribution < 1.29 is 4.79 Å². The zero-order valence-corrected chi connectivity index (χ0v) is 9.02. The van der Waals surface area contributed by atoms with E-state index < -0.39 is 0 Å². The molecule has 1 unspecified atom stereocenters. The Balaban J connectivity index is 2.08. The summed E-state index contributed by atoms with van der Waals surface area (Å²) >= 11 is 0. The van der Waals surface area contributed by atoms with E-state index in [0.717, 1.165) is 35.7 Å². The van der Waals surface area contributed by atoms with E-state index in [2.05, 4.69) is 11.1 Å². The zero-order valence-electron chi connectivity index (χ0n) is 9.02. The monoisotopic (exact) mass is 211 g/mol. The van der Waals surface area contributed by atoms with Gasteiger partial charge < -0.3 is 0 Å². The maximum absolute atomic E-state index is 11.7. The van der Waals surface area contributed by atoms with Crippen LogP contribution in [0.3, 0.4) is 0 Å². The van der Waals surface area contributed by atoms with Crippen molar-refractivity contribution in [1.29, 1.82) is 0 Å². The summed E-state index contributed by atoms with van der Waals surface area (Å²) in [5, 5.41) is 1.12. The van der Waals surface area contributed by atoms with Crippen LogP contribution in [-0.4, -0.2) is 10.8 Å². The molecule has 1 aromatic heterocycles. The molecule has 1 aliphatic carbocycles. The summed E-state index contributed by atoms with van der Waals surface area (Å²) in [6, 6.07) is 10.1. The Morgan fingerprint density at radius 2 is 2.19 bits per heavy atom. The molecule has 1 fully saturated rings. The largest absolute Gasteiger partial charge is 0.299 e. The number of hydrogen-bond acceptors (Lipinski definition) is 2. The van der Waals surface area contributed by atoms with E-state index >= 15 is 0 Å². The molecule has 16 heavy (non-hydrogen) atoms. The van der Waals surface area contributed by atoms with Crippen LogP contribution < -0.4 is 0 Å². The number of pyridine rings is 1. The molecule has 80 valence electrons. The van der Waals surface area contributed by atoms with Gasteiger partial charge >= 0.3 is 0 Å². The minimum atomic E-state index is 0.129. The molecule has 0 aliphatic heterocycles. The molecule has 1 heterocycles. The van der Waals surface area contributed by atoms with Gasteiger partial charge in [-0.15, -0.1) is 0 Å². The summed E-state index contributed by atoms with van der Waals surface area (Å²) in [6.45, 7) is 0. The summed E-state index contributed by atoms with van der Waals surface area (Å²) in [6.07, 6.45) is 4.58. The molecule has 1 aliphatic rings. The van der Waals surface area contributed by atoms with Crippen LogP contribution in [0.25, 0.3) is 10.9 Å². The van der Waals surface area contributed by atoms with Crippen molar-refractivity contribution in [3.8, 4) is 0 Å². The van der Waals surface area contributed by atoms with Crippen LogP contribution in [0.1, 0.15) is 30.7 Å². The molecule has 1 atom stereocenters. The molecular weight excluding hydrogens is 198 g/mol. The maximum atomic E-state index is 11.7. The Hall–Kier alpha value is -1.70. The van der Waals surface area contributed by atoms with Gasteiger partial charge in [-0.1, -0.05) is 12.1 Å². The molecule has 1 saturated carbocycles. The molecule has 0 spiro atoms. The zero-order chi connectivity index (χ0) is 11.0. The normalized spacial score (nSPS) is 20.5. The lowest BCUT2D eigenvalue weighted by molar-refractivity contribution is -0.118. The Bertz CT molecular complexity index is 547. The van der Waals surface area contributed by atoms with Gasteiger partial charge in [-0.3, -0.25) is 9.78 Å². The number of hydrogen-bond donors (Lipinski definition) is 0. The van der Waals surface area contributed by atoms with Crippen molar-refractivity contribution in [2.75, 3.05) is 0 Å². The summed E-state index contributed by atoms with van der Waals surface area (Å²) in [4.78, 5) is 16.0. The van der Waals surface area contributed by atoms with Crippen molar-refractivity contribution in [1.82, 2.24) is 4.98 Å². The third-order valence-electron chi connectivity index (χ3n) is 3.33. The molecule has 0 amide bonds. The Kier molecular flexibility index (Phi) is 2.21. The molecule has 0 radical (unpaired) electrons. The summed E-state index contributed by atoms with van der Waals surface area (Å²) in [5.74, 6) is 0.521. The number of carbonyl (C=O) groups excluding carboxylic acids is 1. The first kappa shape index (κ1) is 9.52. The van der Waals surface area contributed by atoms with E-state index in [9.17, 15) is 4.79 Å². The number of aromatic nitrogens is 1. The highest BCUT2D eigenvalue weighted by molar-refractivity contribution is 5.89. The second-order valence-electron chi connectivity index (χ2n) is 4.37. The molecule has 2 nitrogen and oxygen atoms in total. The summed E-state index contributed by atoms with van der Waals surface area (Å²) in [7, 11) is 0. The average molecular weight is 211 g/mol. The highest BCUT2D eigenvalue weighted by atomic mass is 16.1. The first-order valence-corrected chi connectivity index (χ1v) is 5.72. The SMILES string of the molecule is O=C1CCCC1c1ccc2ncccc2c1. The third-order valence-corrected chi connectivity index (χ3v) is 3.33. The number of carbonyl (C=O) groups is 1. The second-order valence-corrected chi connectivity index (χ2v) is 4.37. The van der Waals surface area contributed by atoms with Gasteiger partial charge in [0, 0.05) is 23.9 Å². The summed E-state index contributed by atoms with van der Waals surface area (Å²) in [5.41, 5.74) is 2.15. The standard InChI is InChI=1S/C14H13NO/c16-14-5-1-4-12(14)10-6-7-13-11(9-10)3-2-8-15-13/h2-3,6-9,12H,1,4-5H2. The Labute approximate surface area is 94.3 Å². The first-order chi connectivity index (χ1) is 7.84. The van der Waals surface area contributed by atoms with Gasteiger partial charge in [0.1, 0.15) is 5.78 Å². The van der Waals surface area contributed by atoms with Crippen molar-refractivity contribution in [2.45, 2.75) is 25.2 Å². The fraction of sp³-hybridized carbons (Fsp3) is 0.286. The highest BCUT2D eigenvalue weighted by Crippen LogP contribution is 2.32. The number of fused-ring (bicyclic) bond motifs is 1. The number of benzene rings is 1. The molecule has 0 bridgehead atoms. The highest BCUT2D eigenvalue weighted by Gasteiger charge is 2.25. The third kappa shape index (κ3) is 1.51. The van der Waals surface area contributed by atoms with Gasteiger partial charge in [-0.05, 0) is 36.6 Å². The van der Waals surface area contributed by atoms with Crippen LogP contribution in [-0.2, 0) is 4.79 Å². The van der Waals surface area contributed by atoms with Crippen molar-refractivity contribution in [3.05, 3.63) is 42.1 Å². The van der Waals surface area contributed by atoms with Crippen LogP contribution in [0, 0.1) is 0 Å². The van der Waals surface area contributed by atoms with E-state index in [1.54, 1.807) is 6.20 Å². The molecule has 1 aromatic carbocycles. The fourth-order valence-corrected chi connectivity index (χ4v) is 2.48. The van der Waals surface area contributed by atoms with Gasteiger partial charge in [0.2, 0.25) is 0 Å². The van der Waals surface area contributed by atoms with Gasteiger partial charge in [0.05, 0.1) is 5.52 Å². The van der Waals surface area contributed by atoms with Gasteiger partial charge in [-0.2, -0.15) is 0 Å². The van der Waals surface area contributed by atoms with Crippen molar-refractivity contribution in [2.24, 2.45) is 0 Å². The molecule has 2 aromatic rings. The second kappa shape index (κ2) is 3.71. The quantitative estimate of drug-likeness (QED) is 0.725. The van der Waals surface area contributed by atoms with Gasteiger partial charge in [0.25, 0.3) is 0 Å². The Morgan fingerprint density at radius 3 is 3.00 bits per heavy atom. The minimum absolute atomic E-state index is 0.129. The van der Waals surface area contributed by atoms with Crippen LogP contribution in [0.2, 0.25) is 0 Å². The average Bonchev–Trinajstić information content (AvgIpc) is 2.75. The smallest absolute Gasteiger partial charge is 0.140 e. The molecule has 0 saturated heterocycles. The fourth-order valence-electron chi connectivity index (χ4n) is 2.48. The van der Waals surface area contributed by atoms with Gasteiger partial charge in [-0.25, -0.2) is 0 Å². The van der Waals surface area contributed by atoms with E-state index in [1.165, 1.54) is 0 Å². The number of nitrogens with zero attached hydrogens (tertiary/aromatic N) is 1. The first-order valence-electron chi connectivity index (χ1n) is 5.72. The number of Topliss-reactive ketones (excluding diaryl/α,β-unsaturated/α-hetero) is 1. The summed E-state index contributed by atoms with van der Waals surface area (Å²) < 4.78 is 0. The van der Waals surface area contributed by atoms with E-state index in [-0.39, 0.29) is 5.92 Å². The van der Waals surface area contributed by atoms with Crippen LogP contribution >= 0.6 is 0 Å². The predicted molar refractivity (Wildman–Crippen MR) is 63.3 cm³/mol. The van der Waals surface area contributed by atoms with E-state index in [0.29, 0.717) is 5.78 Å². The van der Waals surface area contributed by atoms with Crippen molar-refractivity contribution in [3.63, 3.8) is 0 Å². The molecule has 0 N–H and O–H groups in total. The lowest BCUT2D eigenvalue weighted by atomic mass is 9.95. The predicted octanol–water partition coefficient (Wildman–Crippen LogP) is 3.07. The van der Waals surface area contributed by atoms with Crippen LogP contribution in [0.5, 0.6) is 0 Å². The molecule has 2 heteroatoms. The lowest BCUT2D eigenvalue weighted by Gasteiger charge is -2.08. The van der Waals surface area contributed by atoms with Gasteiger partial charge in [0.15, 0.2) is 0 Å². The van der Waals surface area contributed by atoms with E-state index in [4.69, 9.17) is 0 Å². The number of ketones is 1. The van der Waals surface area contributed by atoms with Crippen molar-refractivity contribution >= 4 is 16.7 Å². The van der Waals surface area contributed by atoms with Crippen LogP contribution in [0.4, 0.5) is 0 Å². The van der Waals surface area contributed by atoms with E-state index in [1.807, 2.05) is 24.3 Å². The Morgan fingerprint density at radius 1 is 1.25 bits per heavy atom. The molecule has 3 rings (SSSR count). The van der Waals surface area contributed by atoms with Crippen LogP contribution in [0.15, 0.2) is 36.5 Å². The topological polar surface area (TPSA) is 30.0 Å². The maximum Gasteiger partial charge on any atom is 0.140 e. The molecular formula is C14H13NO.